The molecule has 0 aliphatic rings. The van der Waals surface area contributed by atoms with E-state index in [9.17, 15) is 13.6 Å². The zero-order valence-electron chi connectivity index (χ0n) is 9.51. The molecule has 0 heterocycles. The van der Waals surface area contributed by atoms with Crippen molar-refractivity contribution in [1.82, 2.24) is 0 Å². The molecule has 18 heavy (non-hydrogen) atoms. The highest BCUT2D eigenvalue weighted by atomic mass is 79.9. The predicted octanol–water partition coefficient (Wildman–Crippen LogP) is 4.27. The molecule has 92 valence electrons. The van der Waals surface area contributed by atoms with Gasteiger partial charge in [-0.05, 0) is 48.9 Å². The number of carbonyl (C=O) groups excluding carboxylic acids is 1. The second kappa shape index (κ2) is 4.98. The average molecular weight is 311 g/mol. The van der Waals surface area contributed by atoms with Crippen molar-refractivity contribution in [2.24, 2.45) is 0 Å². The van der Waals surface area contributed by atoms with Crippen molar-refractivity contribution in [3.05, 3.63) is 69.2 Å². The Morgan fingerprint density at radius 1 is 1.11 bits per heavy atom. The summed E-state index contributed by atoms with van der Waals surface area (Å²) in [6, 6.07) is 8.04. The number of carbonyl (C=O) groups is 1. The molecule has 0 N–H and O–H groups in total. The van der Waals surface area contributed by atoms with Gasteiger partial charge in [-0.3, -0.25) is 4.79 Å². The number of hydrogen-bond acceptors (Lipinski definition) is 1. The molecule has 2 aromatic rings. The minimum Gasteiger partial charge on any atom is -0.288 e. The Hall–Kier alpha value is -1.55. The van der Waals surface area contributed by atoms with Gasteiger partial charge in [-0.15, -0.1) is 0 Å². The molecule has 0 aliphatic carbocycles. The van der Waals surface area contributed by atoms with Gasteiger partial charge in [-0.1, -0.05) is 15.9 Å². The fourth-order valence-electron chi connectivity index (χ4n) is 1.69. The van der Waals surface area contributed by atoms with Crippen LogP contribution in [0.3, 0.4) is 0 Å². The molecule has 0 radical (unpaired) electrons. The average Bonchev–Trinajstić information content (AvgIpc) is 2.30. The second-order valence-electron chi connectivity index (χ2n) is 3.97. The van der Waals surface area contributed by atoms with Crippen LogP contribution in [-0.2, 0) is 0 Å². The van der Waals surface area contributed by atoms with Crippen molar-refractivity contribution in [3.63, 3.8) is 0 Å². The summed E-state index contributed by atoms with van der Waals surface area (Å²) >= 11 is 3.17. The first kappa shape index (κ1) is 12.9. The van der Waals surface area contributed by atoms with E-state index in [-0.39, 0.29) is 11.1 Å². The predicted molar refractivity (Wildman–Crippen MR) is 68.7 cm³/mol. The Bertz CT molecular complexity index is 603. The van der Waals surface area contributed by atoms with E-state index >= 15 is 0 Å². The Balaban J connectivity index is 2.51. The van der Waals surface area contributed by atoms with Gasteiger partial charge in [0, 0.05) is 10.0 Å². The molecule has 0 bridgehead atoms. The fraction of sp³-hybridized carbons (Fsp3) is 0.0714. The van der Waals surface area contributed by atoms with Gasteiger partial charge in [0.2, 0.25) is 0 Å². The van der Waals surface area contributed by atoms with Crippen LogP contribution in [0, 0.1) is 18.6 Å². The Morgan fingerprint density at radius 3 is 2.50 bits per heavy atom. The summed E-state index contributed by atoms with van der Waals surface area (Å²) < 4.78 is 27.4. The van der Waals surface area contributed by atoms with Crippen LogP contribution in [0.5, 0.6) is 0 Å². The maximum absolute atomic E-state index is 13.6. The first-order valence-corrected chi connectivity index (χ1v) is 6.03. The van der Waals surface area contributed by atoms with Gasteiger partial charge in [0.1, 0.15) is 11.6 Å². The zero-order chi connectivity index (χ0) is 13.3. The number of aryl methyl sites for hydroxylation is 1. The number of ketones is 1. The molecule has 4 heteroatoms. The van der Waals surface area contributed by atoms with Crippen LogP contribution in [0.15, 0.2) is 40.9 Å². The summed E-state index contributed by atoms with van der Waals surface area (Å²) in [5.41, 5.74) is 0.688. The first-order chi connectivity index (χ1) is 8.47. The third-order valence-electron chi connectivity index (χ3n) is 2.48. The Morgan fingerprint density at radius 2 is 1.83 bits per heavy atom. The largest absolute Gasteiger partial charge is 0.288 e. The quantitative estimate of drug-likeness (QED) is 0.757. The highest BCUT2D eigenvalue weighted by molar-refractivity contribution is 9.10. The van der Waals surface area contributed by atoms with E-state index in [2.05, 4.69) is 15.9 Å². The van der Waals surface area contributed by atoms with Gasteiger partial charge in [0.05, 0.1) is 5.56 Å². The molecular formula is C14H9BrF2O. The van der Waals surface area contributed by atoms with Crippen molar-refractivity contribution in [2.45, 2.75) is 6.92 Å². The van der Waals surface area contributed by atoms with Crippen LogP contribution in [-0.4, -0.2) is 5.78 Å². The molecule has 2 aromatic carbocycles. The SMILES string of the molecule is Cc1cc(F)cc(C(=O)c2cc(Br)ccc2F)c1. The van der Waals surface area contributed by atoms with Gasteiger partial charge in [-0.2, -0.15) is 0 Å². The van der Waals surface area contributed by atoms with E-state index in [4.69, 9.17) is 0 Å². The molecule has 0 saturated heterocycles. The molecule has 2 rings (SSSR count). The van der Waals surface area contributed by atoms with E-state index < -0.39 is 17.4 Å². The highest BCUT2D eigenvalue weighted by Crippen LogP contribution is 2.20. The van der Waals surface area contributed by atoms with Crippen LogP contribution in [0.25, 0.3) is 0 Å². The van der Waals surface area contributed by atoms with Crippen LogP contribution >= 0.6 is 15.9 Å². The lowest BCUT2D eigenvalue weighted by atomic mass is 10.0. The van der Waals surface area contributed by atoms with Crippen molar-refractivity contribution in [1.29, 1.82) is 0 Å². The summed E-state index contributed by atoms with van der Waals surface area (Å²) in [6.07, 6.45) is 0. The maximum atomic E-state index is 13.6. The standard InChI is InChI=1S/C14H9BrF2O/c1-8-4-9(6-11(16)5-8)14(18)12-7-10(15)2-3-13(12)17/h2-7H,1H3. The Labute approximate surface area is 112 Å². The minimum absolute atomic E-state index is 0.0747. The molecule has 0 aromatic heterocycles. The van der Waals surface area contributed by atoms with Crippen LogP contribution < -0.4 is 0 Å². The van der Waals surface area contributed by atoms with Gasteiger partial charge in [-0.25, -0.2) is 8.78 Å². The third-order valence-corrected chi connectivity index (χ3v) is 2.97. The highest BCUT2D eigenvalue weighted by Gasteiger charge is 2.15. The number of rotatable bonds is 2. The van der Waals surface area contributed by atoms with Crippen molar-refractivity contribution in [3.8, 4) is 0 Å². The van der Waals surface area contributed by atoms with Crippen molar-refractivity contribution < 1.29 is 13.6 Å². The summed E-state index contributed by atoms with van der Waals surface area (Å²) in [6.45, 7) is 1.68. The monoisotopic (exact) mass is 310 g/mol. The van der Waals surface area contributed by atoms with Gasteiger partial charge < -0.3 is 0 Å². The van der Waals surface area contributed by atoms with E-state index in [1.165, 1.54) is 30.3 Å². The Kier molecular flexibility index (Phi) is 3.57. The van der Waals surface area contributed by atoms with Crippen molar-refractivity contribution in [2.75, 3.05) is 0 Å². The van der Waals surface area contributed by atoms with Gasteiger partial charge in [0.15, 0.2) is 5.78 Å². The topological polar surface area (TPSA) is 17.1 Å². The van der Waals surface area contributed by atoms with E-state index in [0.29, 0.717) is 10.0 Å². The minimum atomic E-state index is -0.620. The molecule has 0 amide bonds. The fourth-order valence-corrected chi connectivity index (χ4v) is 2.06. The van der Waals surface area contributed by atoms with Gasteiger partial charge in [0.25, 0.3) is 0 Å². The third kappa shape index (κ3) is 2.64. The number of halogens is 3. The molecular weight excluding hydrogens is 302 g/mol. The summed E-state index contributed by atoms with van der Waals surface area (Å²) in [5.74, 6) is -1.66. The lowest BCUT2D eigenvalue weighted by molar-refractivity contribution is 0.103. The summed E-state index contributed by atoms with van der Waals surface area (Å²) in [7, 11) is 0. The van der Waals surface area contributed by atoms with E-state index in [0.717, 1.165) is 6.07 Å². The summed E-state index contributed by atoms with van der Waals surface area (Å²) in [4.78, 5) is 12.1. The van der Waals surface area contributed by atoms with E-state index in [1.54, 1.807) is 6.92 Å². The van der Waals surface area contributed by atoms with Crippen LogP contribution in [0.2, 0.25) is 0 Å². The molecule has 0 fully saturated rings. The number of benzene rings is 2. The lowest BCUT2D eigenvalue weighted by Gasteiger charge is -2.05. The molecule has 0 spiro atoms. The smallest absolute Gasteiger partial charge is 0.196 e. The molecule has 0 unspecified atom stereocenters. The molecule has 0 atom stereocenters. The zero-order valence-corrected chi connectivity index (χ0v) is 11.1. The maximum Gasteiger partial charge on any atom is 0.196 e. The summed E-state index contributed by atoms with van der Waals surface area (Å²) in [5, 5.41) is 0. The van der Waals surface area contributed by atoms with Crippen molar-refractivity contribution >= 4 is 21.7 Å². The molecule has 1 nitrogen and oxygen atoms in total. The normalized spacial score (nSPS) is 10.4. The second-order valence-corrected chi connectivity index (χ2v) is 4.89. The van der Waals surface area contributed by atoms with E-state index in [1.807, 2.05) is 0 Å². The molecule has 0 aliphatic heterocycles. The number of hydrogen-bond donors (Lipinski definition) is 0. The van der Waals surface area contributed by atoms with Gasteiger partial charge >= 0.3 is 0 Å². The first-order valence-electron chi connectivity index (χ1n) is 5.24. The molecule has 0 saturated carbocycles. The van der Waals surface area contributed by atoms with Crippen LogP contribution in [0.1, 0.15) is 21.5 Å². The van der Waals surface area contributed by atoms with Crippen LogP contribution in [0.4, 0.5) is 8.78 Å². The lowest BCUT2D eigenvalue weighted by Crippen LogP contribution is -2.05.